The van der Waals surface area contributed by atoms with Crippen molar-refractivity contribution in [2.45, 2.75) is 38.1 Å². The van der Waals surface area contributed by atoms with Gasteiger partial charge in [0.25, 0.3) is 5.91 Å². The van der Waals surface area contributed by atoms with Crippen LogP contribution in [-0.4, -0.2) is 54.6 Å². The molecule has 1 amide bonds. The molecule has 0 bridgehead atoms. The highest BCUT2D eigenvalue weighted by molar-refractivity contribution is 6.01. The van der Waals surface area contributed by atoms with Gasteiger partial charge in [0.05, 0.1) is 11.1 Å². The van der Waals surface area contributed by atoms with Gasteiger partial charge in [-0.15, -0.1) is 0 Å². The number of halogens is 1. The first-order chi connectivity index (χ1) is 17.0. The van der Waals surface area contributed by atoms with Crippen LogP contribution in [0.4, 0.5) is 10.1 Å². The molecule has 0 spiro atoms. The molecule has 2 aromatic carbocycles. The van der Waals surface area contributed by atoms with Crippen molar-refractivity contribution in [3.8, 4) is 17.2 Å². The number of rotatable bonds is 5. The van der Waals surface area contributed by atoms with Crippen molar-refractivity contribution in [2.75, 3.05) is 38.1 Å². The number of aromatic nitrogens is 1. The van der Waals surface area contributed by atoms with Crippen LogP contribution in [0.5, 0.6) is 11.5 Å². The van der Waals surface area contributed by atoms with Gasteiger partial charge < -0.3 is 24.4 Å². The summed E-state index contributed by atoms with van der Waals surface area (Å²) < 4.78 is 23.5. The zero-order valence-electron chi connectivity index (χ0n) is 19.8. The van der Waals surface area contributed by atoms with E-state index in [1.165, 1.54) is 12.5 Å². The lowest BCUT2D eigenvalue weighted by Crippen LogP contribution is -2.34. The van der Waals surface area contributed by atoms with Gasteiger partial charge in [-0.25, -0.2) is 4.39 Å². The van der Waals surface area contributed by atoms with E-state index in [1.54, 1.807) is 6.20 Å². The van der Waals surface area contributed by atoms with E-state index in [4.69, 9.17) is 4.74 Å². The summed E-state index contributed by atoms with van der Waals surface area (Å²) in [4.78, 5) is 30.9. The third-order valence-corrected chi connectivity index (χ3v) is 7.61. The van der Waals surface area contributed by atoms with Crippen molar-refractivity contribution >= 4 is 22.5 Å². The Kier molecular flexibility index (Phi) is 5.48. The highest BCUT2D eigenvalue weighted by Crippen LogP contribution is 2.47. The Morgan fingerprint density at radius 3 is 2.74 bits per heavy atom. The lowest BCUT2D eigenvalue weighted by molar-refractivity contribution is 0.0949. The van der Waals surface area contributed by atoms with Crippen LogP contribution >= 0.6 is 0 Å². The second-order valence-electron chi connectivity index (χ2n) is 9.76. The van der Waals surface area contributed by atoms with Gasteiger partial charge in [0, 0.05) is 31.9 Å². The summed E-state index contributed by atoms with van der Waals surface area (Å²) in [5.74, 6) is -0.0318. The van der Waals surface area contributed by atoms with Gasteiger partial charge in [-0.05, 0) is 63.9 Å². The zero-order chi connectivity index (χ0) is 24.1. The van der Waals surface area contributed by atoms with E-state index in [-0.39, 0.29) is 10.9 Å². The number of anilines is 1. The molecule has 3 aliphatic rings. The van der Waals surface area contributed by atoms with Crippen LogP contribution in [0.2, 0.25) is 0 Å². The number of para-hydroxylation sites is 2. The second kappa shape index (κ2) is 8.68. The molecule has 0 radical (unpaired) electrons. The second-order valence-corrected chi connectivity index (χ2v) is 9.76. The number of carbonyl (C=O) groups is 1. The average molecular weight is 477 g/mol. The van der Waals surface area contributed by atoms with Crippen LogP contribution in [0.15, 0.2) is 41.3 Å². The fourth-order valence-electron chi connectivity index (χ4n) is 5.74. The molecule has 1 N–H and O–H groups in total. The number of amides is 1. The minimum atomic E-state index is -0.501. The van der Waals surface area contributed by atoms with Crippen molar-refractivity contribution in [1.29, 1.82) is 0 Å². The topological polar surface area (TPSA) is 66.8 Å². The van der Waals surface area contributed by atoms with Crippen LogP contribution in [0.25, 0.3) is 16.6 Å². The molecule has 6 rings (SSSR count). The van der Waals surface area contributed by atoms with Gasteiger partial charge >= 0.3 is 0 Å². The standard InChI is InChI=1S/C27H29FN4O3/c1-30-12-6-7-17(30)10-11-29-27(34)19-16-32-21-8-2-3-9-22(21)35-26-23(32)18(25(19)33)15-20(28)24(26)31-13-4-5-14-31/h2-3,8-9,15-17H,4-7,10-14H2,1H3,(H,29,34). The first-order valence-electron chi connectivity index (χ1n) is 12.5. The summed E-state index contributed by atoms with van der Waals surface area (Å²) in [6.45, 7) is 3.03. The van der Waals surface area contributed by atoms with Crippen molar-refractivity contribution in [3.05, 3.63) is 58.1 Å². The van der Waals surface area contributed by atoms with Crippen LogP contribution < -0.4 is 20.4 Å². The van der Waals surface area contributed by atoms with Crippen molar-refractivity contribution in [3.63, 3.8) is 0 Å². The largest absolute Gasteiger partial charge is 0.451 e. The van der Waals surface area contributed by atoms with Gasteiger partial charge in [-0.2, -0.15) is 0 Å². The fraction of sp³-hybridized carbons (Fsp3) is 0.407. The SMILES string of the molecule is CN1CCCC1CCNC(=O)c1cn2c3c(c(N4CCCC4)c(F)cc3c1=O)Oc1ccccc1-2. The van der Waals surface area contributed by atoms with Crippen LogP contribution in [0, 0.1) is 5.82 Å². The van der Waals surface area contributed by atoms with Crippen LogP contribution in [-0.2, 0) is 0 Å². The van der Waals surface area contributed by atoms with Gasteiger partial charge in [0.15, 0.2) is 17.3 Å². The van der Waals surface area contributed by atoms with Crippen molar-refractivity contribution in [1.82, 2.24) is 14.8 Å². The van der Waals surface area contributed by atoms with E-state index in [1.807, 2.05) is 33.7 Å². The van der Waals surface area contributed by atoms with E-state index in [0.29, 0.717) is 41.0 Å². The Morgan fingerprint density at radius 2 is 1.97 bits per heavy atom. The summed E-state index contributed by atoms with van der Waals surface area (Å²) in [6, 6.07) is 9.13. The molecule has 1 atom stereocenters. The summed E-state index contributed by atoms with van der Waals surface area (Å²) in [7, 11) is 2.10. The lowest BCUT2D eigenvalue weighted by Gasteiger charge is -2.29. The summed E-state index contributed by atoms with van der Waals surface area (Å²) in [5.41, 5.74) is 1.12. The molecule has 1 unspecified atom stereocenters. The van der Waals surface area contributed by atoms with Gasteiger partial charge in [-0.1, -0.05) is 12.1 Å². The molecular weight excluding hydrogens is 447 g/mol. The molecule has 182 valence electrons. The molecule has 3 aromatic rings. The summed E-state index contributed by atoms with van der Waals surface area (Å²) in [5, 5.41) is 3.07. The predicted molar refractivity (Wildman–Crippen MR) is 134 cm³/mol. The van der Waals surface area contributed by atoms with Gasteiger partial charge in [-0.3, -0.25) is 9.59 Å². The highest BCUT2D eigenvalue weighted by atomic mass is 19.1. The van der Waals surface area contributed by atoms with Crippen LogP contribution in [0.1, 0.15) is 42.5 Å². The minimum Gasteiger partial charge on any atom is -0.451 e. The number of carbonyl (C=O) groups excluding carboxylic acids is 1. The smallest absolute Gasteiger partial charge is 0.256 e. The molecule has 35 heavy (non-hydrogen) atoms. The molecule has 7 nitrogen and oxygen atoms in total. The van der Waals surface area contributed by atoms with E-state index in [9.17, 15) is 9.59 Å². The molecule has 8 heteroatoms. The van der Waals surface area contributed by atoms with Crippen molar-refractivity contribution in [2.24, 2.45) is 0 Å². The maximum absolute atomic E-state index is 15.5. The van der Waals surface area contributed by atoms with Gasteiger partial charge in [0.1, 0.15) is 16.8 Å². The predicted octanol–water partition coefficient (Wildman–Crippen LogP) is 4.05. The number of likely N-dealkylation sites (tertiary alicyclic amines) is 1. The number of benzene rings is 2. The average Bonchev–Trinajstić information content (AvgIpc) is 3.52. The number of ether oxygens (including phenoxy) is 1. The lowest BCUT2D eigenvalue weighted by atomic mass is 10.1. The number of pyridine rings is 1. The number of nitrogens with zero attached hydrogens (tertiary/aromatic N) is 3. The van der Waals surface area contributed by atoms with E-state index in [2.05, 4.69) is 17.3 Å². The van der Waals surface area contributed by atoms with Crippen LogP contribution in [0.3, 0.4) is 0 Å². The Balaban J connectivity index is 1.44. The van der Waals surface area contributed by atoms with Crippen molar-refractivity contribution < 1.29 is 13.9 Å². The number of fused-ring (bicyclic) bond motifs is 2. The first kappa shape index (κ1) is 22.1. The highest BCUT2D eigenvalue weighted by Gasteiger charge is 2.31. The summed E-state index contributed by atoms with van der Waals surface area (Å²) in [6.07, 6.45) is 6.66. The molecule has 0 aliphatic carbocycles. The number of hydrogen-bond donors (Lipinski definition) is 1. The molecule has 3 aliphatic heterocycles. The molecule has 4 heterocycles. The first-order valence-corrected chi connectivity index (χ1v) is 12.5. The molecule has 0 saturated carbocycles. The number of nitrogens with one attached hydrogen (secondary N) is 1. The zero-order valence-corrected chi connectivity index (χ0v) is 19.8. The molecule has 2 saturated heterocycles. The third kappa shape index (κ3) is 3.67. The molecular formula is C27H29FN4O3. The molecule has 2 fully saturated rings. The number of hydrogen-bond acceptors (Lipinski definition) is 5. The Morgan fingerprint density at radius 1 is 1.17 bits per heavy atom. The fourth-order valence-corrected chi connectivity index (χ4v) is 5.74. The Hall–Kier alpha value is -3.39. The van der Waals surface area contributed by atoms with E-state index < -0.39 is 17.2 Å². The Labute approximate surface area is 203 Å². The monoisotopic (exact) mass is 476 g/mol. The Bertz CT molecular complexity index is 1380. The quantitative estimate of drug-likeness (QED) is 0.471. The normalized spacial score (nSPS) is 19.1. The van der Waals surface area contributed by atoms with Gasteiger partial charge in [0.2, 0.25) is 5.43 Å². The molecule has 1 aromatic heterocycles. The summed E-state index contributed by atoms with van der Waals surface area (Å²) >= 11 is 0. The van der Waals surface area contributed by atoms with E-state index in [0.717, 1.165) is 45.3 Å². The third-order valence-electron chi connectivity index (χ3n) is 7.61. The minimum absolute atomic E-state index is 0.00764. The maximum Gasteiger partial charge on any atom is 0.256 e. The maximum atomic E-state index is 15.5. The van der Waals surface area contributed by atoms with E-state index >= 15 is 4.39 Å².